The van der Waals surface area contributed by atoms with Gasteiger partial charge in [0.2, 0.25) is 0 Å². The average molecular weight is 361 g/mol. The second-order valence-corrected chi connectivity index (χ2v) is 5.34. The van der Waals surface area contributed by atoms with Gasteiger partial charge in [-0.15, -0.1) is 0 Å². The van der Waals surface area contributed by atoms with Gasteiger partial charge in [0.15, 0.2) is 6.61 Å². The maximum Gasteiger partial charge on any atom is 0.416 e. The highest BCUT2D eigenvalue weighted by Crippen LogP contribution is 2.34. The lowest BCUT2D eigenvalue weighted by Gasteiger charge is -2.10. The normalized spacial score (nSPS) is 13.9. The number of rotatable bonds is 7. The standard InChI is InChI=1S/C14H14F3N3O5/c15-14(16,17)8-1-4-10(11(5-8)20(23)24)18-6-13(22)25-7-12(21)19-9-2-3-9/h1,4-5,9,18H,2-3,6-7H2,(H,19,21). The van der Waals surface area contributed by atoms with E-state index in [1.807, 2.05) is 0 Å². The summed E-state index contributed by atoms with van der Waals surface area (Å²) in [6, 6.07) is 1.99. The molecule has 2 N–H and O–H groups in total. The minimum absolute atomic E-state index is 0.110. The zero-order chi connectivity index (χ0) is 18.6. The lowest BCUT2D eigenvalue weighted by molar-refractivity contribution is -0.384. The molecule has 25 heavy (non-hydrogen) atoms. The first-order valence-corrected chi connectivity index (χ1v) is 7.21. The van der Waals surface area contributed by atoms with Crippen molar-refractivity contribution in [3.8, 4) is 0 Å². The number of carbonyl (C=O) groups excluding carboxylic acids is 2. The zero-order valence-electron chi connectivity index (χ0n) is 12.8. The average Bonchev–Trinajstić information content (AvgIpc) is 3.33. The van der Waals surface area contributed by atoms with Crippen molar-refractivity contribution in [2.24, 2.45) is 0 Å². The van der Waals surface area contributed by atoms with Crippen LogP contribution in [0.25, 0.3) is 0 Å². The van der Waals surface area contributed by atoms with E-state index >= 15 is 0 Å². The van der Waals surface area contributed by atoms with Gasteiger partial charge in [-0.1, -0.05) is 0 Å². The number of nitro groups is 1. The molecule has 0 spiro atoms. The van der Waals surface area contributed by atoms with E-state index in [2.05, 4.69) is 15.4 Å². The SMILES string of the molecule is O=C(COC(=O)CNc1ccc(C(F)(F)F)cc1[N+](=O)[O-])NC1CC1. The molecule has 0 unspecified atom stereocenters. The van der Waals surface area contributed by atoms with Gasteiger partial charge in [0, 0.05) is 12.1 Å². The molecule has 0 radical (unpaired) electrons. The summed E-state index contributed by atoms with van der Waals surface area (Å²) in [5.41, 5.74) is -2.27. The number of alkyl halides is 3. The number of hydrogen-bond acceptors (Lipinski definition) is 6. The van der Waals surface area contributed by atoms with E-state index in [4.69, 9.17) is 0 Å². The molecule has 1 fully saturated rings. The van der Waals surface area contributed by atoms with Crippen molar-refractivity contribution in [2.45, 2.75) is 25.1 Å². The lowest BCUT2D eigenvalue weighted by atomic mass is 10.1. The second-order valence-electron chi connectivity index (χ2n) is 5.34. The number of ether oxygens (including phenoxy) is 1. The molecule has 1 aromatic carbocycles. The van der Waals surface area contributed by atoms with Gasteiger partial charge in [-0.2, -0.15) is 13.2 Å². The summed E-state index contributed by atoms with van der Waals surface area (Å²) in [4.78, 5) is 32.8. The Morgan fingerprint density at radius 3 is 2.56 bits per heavy atom. The monoisotopic (exact) mass is 361 g/mol. The van der Waals surface area contributed by atoms with Crippen LogP contribution in [0.2, 0.25) is 0 Å². The quantitative estimate of drug-likeness (QED) is 0.436. The van der Waals surface area contributed by atoms with E-state index in [0.29, 0.717) is 12.1 Å². The number of benzene rings is 1. The van der Waals surface area contributed by atoms with Gasteiger partial charge in [0.1, 0.15) is 12.2 Å². The highest BCUT2D eigenvalue weighted by atomic mass is 19.4. The van der Waals surface area contributed by atoms with Crippen LogP contribution in [0, 0.1) is 10.1 Å². The molecule has 11 heteroatoms. The van der Waals surface area contributed by atoms with Crippen LogP contribution in [0.4, 0.5) is 24.5 Å². The Balaban J connectivity index is 1.91. The molecule has 0 aromatic heterocycles. The molecule has 8 nitrogen and oxygen atoms in total. The first-order valence-electron chi connectivity index (χ1n) is 7.21. The fourth-order valence-corrected chi connectivity index (χ4v) is 1.87. The number of halogens is 3. The Kier molecular flexibility index (Phi) is 5.45. The van der Waals surface area contributed by atoms with Gasteiger partial charge >= 0.3 is 12.1 Å². The Morgan fingerprint density at radius 1 is 1.32 bits per heavy atom. The van der Waals surface area contributed by atoms with Crippen molar-refractivity contribution in [2.75, 3.05) is 18.5 Å². The van der Waals surface area contributed by atoms with E-state index < -0.39 is 47.4 Å². The summed E-state index contributed by atoms with van der Waals surface area (Å²) >= 11 is 0. The molecule has 136 valence electrons. The van der Waals surface area contributed by atoms with Gasteiger partial charge in [0.25, 0.3) is 11.6 Å². The molecule has 0 aliphatic heterocycles. The van der Waals surface area contributed by atoms with Crippen LogP contribution in [0.5, 0.6) is 0 Å². The third-order valence-electron chi connectivity index (χ3n) is 3.25. The molecule has 1 aliphatic carbocycles. The van der Waals surface area contributed by atoms with Crippen LogP contribution in [0.1, 0.15) is 18.4 Å². The summed E-state index contributed by atoms with van der Waals surface area (Å²) in [6.07, 6.45) is -2.98. The van der Waals surface area contributed by atoms with Crippen LogP contribution in [0.3, 0.4) is 0 Å². The third-order valence-corrected chi connectivity index (χ3v) is 3.25. The molecule has 0 heterocycles. The number of carbonyl (C=O) groups is 2. The Bertz CT molecular complexity index is 689. The summed E-state index contributed by atoms with van der Waals surface area (Å²) in [5.74, 6) is -1.34. The zero-order valence-corrected chi connectivity index (χ0v) is 12.8. The topological polar surface area (TPSA) is 111 Å². The van der Waals surface area contributed by atoms with Gasteiger partial charge in [0.05, 0.1) is 10.5 Å². The van der Waals surface area contributed by atoms with E-state index in [1.165, 1.54) is 0 Å². The predicted octanol–water partition coefficient (Wildman–Crippen LogP) is 1.85. The lowest BCUT2D eigenvalue weighted by Crippen LogP contribution is -2.31. The van der Waals surface area contributed by atoms with Crippen LogP contribution >= 0.6 is 0 Å². The predicted molar refractivity (Wildman–Crippen MR) is 78.7 cm³/mol. The number of anilines is 1. The maximum atomic E-state index is 12.6. The maximum absolute atomic E-state index is 12.6. The highest BCUT2D eigenvalue weighted by Gasteiger charge is 2.33. The molecule has 1 aliphatic rings. The molecule has 0 saturated heterocycles. The van der Waals surface area contributed by atoms with E-state index in [1.54, 1.807) is 0 Å². The van der Waals surface area contributed by atoms with Crippen LogP contribution < -0.4 is 10.6 Å². The van der Waals surface area contributed by atoms with Gasteiger partial charge in [-0.3, -0.25) is 19.7 Å². The number of nitro benzene ring substituents is 1. The third kappa shape index (κ3) is 5.62. The van der Waals surface area contributed by atoms with Gasteiger partial charge < -0.3 is 15.4 Å². The van der Waals surface area contributed by atoms with Crippen LogP contribution in [-0.4, -0.2) is 36.0 Å². The van der Waals surface area contributed by atoms with Crippen LogP contribution in [-0.2, 0) is 20.5 Å². The molecule has 1 saturated carbocycles. The molecular formula is C14H14F3N3O5. The number of nitrogens with one attached hydrogen (secondary N) is 2. The molecule has 0 atom stereocenters. The Morgan fingerprint density at radius 2 is 2.00 bits per heavy atom. The first kappa shape index (κ1) is 18.5. The van der Waals surface area contributed by atoms with E-state index in [-0.39, 0.29) is 11.7 Å². The first-order chi connectivity index (χ1) is 11.7. The summed E-state index contributed by atoms with van der Waals surface area (Å²) in [7, 11) is 0. The fourth-order valence-electron chi connectivity index (χ4n) is 1.87. The second kappa shape index (κ2) is 7.36. The van der Waals surface area contributed by atoms with Crippen molar-refractivity contribution < 1.29 is 32.4 Å². The molecule has 1 amide bonds. The minimum atomic E-state index is -4.73. The Hall–Kier alpha value is -2.85. The number of amides is 1. The number of hydrogen-bond donors (Lipinski definition) is 2. The summed E-state index contributed by atoms with van der Waals surface area (Å²) in [5, 5.41) is 15.8. The van der Waals surface area contributed by atoms with E-state index in [9.17, 15) is 32.9 Å². The van der Waals surface area contributed by atoms with Gasteiger partial charge in [-0.25, -0.2) is 0 Å². The van der Waals surface area contributed by atoms with Crippen molar-refractivity contribution in [3.63, 3.8) is 0 Å². The fraction of sp³-hybridized carbons (Fsp3) is 0.429. The number of nitrogens with zero attached hydrogens (tertiary/aromatic N) is 1. The van der Waals surface area contributed by atoms with Crippen LogP contribution in [0.15, 0.2) is 18.2 Å². The Labute approximate surface area is 139 Å². The molecule has 0 bridgehead atoms. The smallest absolute Gasteiger partial charge is 0.416 e. The van der Waals surface area contributed by atoms with Crippen molar-refractivity contribution in [3.05, 3.63) is 33.9 Å². The van der Waals surface area contributed by atoms with Crippen molar-refractivity contribution >= 4 is 23.3 Å². The highest BCUT2D eigenvalue weighted by molar-refractivity contribution is 5.82. The van der Waals surface area contributed by atoms with Gasteiger partial charge in [-0.05, 0) is 25.0 Å². The molecule has 2 rings (SSSR count). The molecular weight excluding hydrogens is 347 g/mol. The largest absolute Gasteiger partial charge is 0.454 e. The van der Waals surface area contributed by atoms with E-state index in [0.717, 1.165) is 18.9 Å². The number of esters is 1. The minimum Gasteiger partial charge on any atom is -0.454 e. The summed E-state index contributed by atoms with van der Waals surface area (Å²) in [6.45, 7) is -1.03. The molecule has 1 aromatic rings. The van der Waals surface area contributed by atoms with Crippen molar-refractivity contribution in [1.82, 2.24) is 5.32 Å². The van der Waals surface area contributed by atoms with Crippen molar-refractivity contribution in [1.29, 1.82) is 0 Å². The summed E-state index contributed by atoms with van der Waals surface area (Å²) < 4.78 is 42.4.